The average Bonchev–Trinajstić information content (AvgIpc) is 2.03. The third kappa shape index (κ3) is 9.43. The second-order valence-corrected chi connectivity index (χ2v) is 2.44. The third-order valence-corrected chi connectivity index (χ3v) is 1.47. The Morgan fingerprint density at radius 3 is 2.27 bits per heavy atom. The summed E-state index contributed by atoms with van der Waals surface area (Å²) in [6.45, 7) is 1.02. The van der Waals surface area contributed by atoms with Gasteiger partial charge in [-0.15, -0.1) is 0 Å². The van der Waals surface area contributed by atoms with Crippen molar-refractivity contribution in [3.05, 3.63) is 0 Å². The molecule has 65 valence electrons. The number of carbonyl (C=O) groups excluding carboxylic acids is 1. The zero-order valence-corrected chi connectivity index (χ0v) is 6.75. The van der Waals surface area contributed by atoms with Crippen molar-refractivity contribution in [1.29, 1.82) is 0 Å². The van der Waals surface area contributed by atoms with Crippen molar-refractivity contribution >= 4 is 6.47 Å². The molecule has 0 atom stereocenters. The average molecular weight is 159 g/mol. The van der Waals surface area contributed by atoms with Gasteiger partial charge in [-0.05, 0) is 12.8 Å². The van der Waals surface area contributed by atoms with Gasteiger partial charge in [-0.2, -0.15) is 0 Å². The van der Waals surface area contributed by atoms with E-state index in [2.05, 4.69) is 4.74 Å². The Bertz CT molecular complexity index is 83.4. The molecule has 0 saturated carbocycles. The summed E-state index contributed by atoms with van der Waals surface area (Å²) in [6.07, 6.45) is 4.81. The Kier molecular flexibility index (Phi) is 8.94. The van der Waals surface area contributed by atoms with Gasteiger partial charge >= 0.3 is 0 Å². The van der Waals surface area contributed by atoms with Crippen molar-refractivity contribution < 1.29 is 14.6 Å². The smallest absolute Gasteiger partial charge is 0.293 e. The zero-order valence-electron chi connectivity index (χ0n) is 6.75. The van der Waals surface area contributed by atoms with Crippen LogP contribution in [0.3, 0.4) is 0 Å². The molecule has 0 aliphatic rings. The maximum atomic E-state index is 9.99. The van der Waals surface area contributed by atoms with Crippen molar-refractivity contribution in [1.82, 2.24) is 0 Å². The summed E-state index contributed by atoms with van der Waals surface area (Å²) >= 11 is 0. The summed E-state index contributed by atoms with van der Waals surface area (Å²) in [5, 5.41) is 9.99. The van der Waals surface area contributed by atoms with Crippen LogP contribution in [0.25, 0.3) is 0 Å². The lowest BCUT2D eigenvalue weighted by Gasteiger charge is -1.98. The Balaban J connectivity index is 2.74. The molecule has 0 amide bonds. The molecule has 0 N–H and O–H groups in total. The molecule has 0 aliphatic heterocycles. The first-order valence-electron chi connectivity index (χ1n) is 4.05. The predicted octanol–water partition coefficient (Wildman–Crippen LogP) is 1.54. The van der Waals surface area contributed by atoms with Crippen molar-refractivity contribution in [3.8, 4) is 0 Å². The van der Waals surface area contributed by atoms with Crippen molar-refractivity contribution in [2.75, 3.05) is 13.2 Å². The number of carbonyl (C=O) groups is 1. The fraction of sp³-hybridized carbons (Fsp3) is 0.875. The second kappa shape index (κ2) is 9.43. The topological polar surface area (TPSA) is 46.2 Å². The first kappa shape index (κ1) is 10.4. The SMILES string of the molecule is [O]CCCCCCCOC=O. The Morgan fingerprint density at radius 1 is 1.00 bits per heavy atom. The summed E-state index contributed by atoms with van der Waals surface area (Å²) < 4.78 is 4.50. The highest BCUT2D eigenvalue weighted by atomic mass is 16.5. The third-order valence-electron chi connectivity index (χ3n) is 1.47. The van der Waals surface area contributed by atoms with Gasteiger partial charge in [0.05, 0.1) is 13.2 Å². The van der Waals surface area contributed by atoms with Gasteiger partial charge in [-0.3, -0.25) is 4.79 Å². The first-order chi connectivity index (χ1) is 5.41. The number of unbranched alkanes of at least 4 members (excludes halogenated alkanes) is 4. The normalized spacial score (nSPS) is 9.55. The number of ether oxygens (including phenoxy) is 1. The van der Waals surface area contributed by atoms with E-state index in [-0.39, 0.29) is 6.61 Å². The summed E-state index contributed by atoms with van der Waals surface area (Å²) in [6, 6.07) is 0. The first-order valence-corrected chi connectivity index (χ1v) is 4.05. The molecule has 11 heavy (non-hydrogen) atoms. The van der Waals surface area contributed by atoms with Crippen LogP contribution in [0.2, 0.25) is 0 Å². The summed E-state index contributed by atoms with van der Waals surface area (Å²) in [7, 11) is 0. The maximum Gasteiger partial charge on any atom is 0.293 e. The quantitative estimate of drug-likeness (QED) is 0.398. The van der Waals surface area contributed by atoms with Crippen LogP contribution in [0.1, 0.15) is 32.1 Å². The summed E-state index contributed by atoms with van der Waals surface area (Å²) in [5.74, 6) is 0. The summed E-state index contributed by atoms with van der Waals surface area (Å²) in [5.41, 5.74) is 0. The standard InChI is InChI=1S/C8H15O3/c9-6-4-2-1-3-5-7-11-8-10/h8H,1-7H2. The van der Waals surface area contributed by atoms with Crippen LogP contribution in [0.4, 0.5) is 0 Å². The molecule has 0 aromatic heterocycles. The van der Waals surface area contributed by atoms with Gasteiger partial charge in [-0.25, -0.2) is 5.11 Å². The summed E-state index contributed by atoms with van der Waals surface area (Å²) in [4.78, 5) is 9.68. The molecule has 0 saturated heterocycles. The molecule has 0 spiro atoms. The molecule has 0 fully saturated rings. The Labute approximate surface area is 67.4 Å². The van der Waals surface area contributed by atoms with Crippen molar-refractivity contribution in [2.45, 2.75) is 32.1 Å². The van der Waals surface area contributed by atoms with E-state index in [4.69, 9.17) is 0 Å². The van der Waals surface area contributed by atoms with Gasteiger partial charge in [0.2, 0.25) is 0 Å². The fourth-order valence-electron chi connectivity index (χ4n) is 0.866. The molecule has 3 nitrogen and oxygen atoms in total. The van der Waals surface area contributed by atoms with E-state index in [1.54, 1.807) is 0 Å². The van der Waals surface area contributed by atoms with E-state index in [9.17, 15) is 9.90 Å². The van der Waals surface area contributed by atoms with E-state index in [1.165, 1.54) is 0 Å². The lowest BCUT2D eigenvalue weighted by molar-refractivity contribution is -0.128. The molecule has 1 radical (unpaired) electrons. The van der Waals surface area contributed by atoms with Gasteiger partial charge in [0.25, 0.3) is 6.47 Å². The minimum absolute atomic E-state index is 0.0326. The van der Waals surface area contributed by atoms with E-state index in [0.29, 0.717) is 13.1 Å². The maximum absolute atomic E-state index is 9.99. The molecule has 0 heterocycles. The minimum atomic E-state index is 0.0326. The Morgan fingerprint density at radius 2 is 1.64 bits per heavy atom. The van der Waals surface area contributed by atoms with Gasteiger partial charge in [-0.1, -0.05) is 19.3 Å². The zero-order chi connectivity index (χ0) is 8.36. The van der Waals surface area contributed by atoms with Gasteiger partial charge in [0.15, 0.2) is 0 Å². The molecular weight excluding hydrogens is 144 g/mol. The lowest BCUT2D eigenvalue weighted by atomic mass is 10.1. The molecule has 0 aliphatic carbocycles. The second-order valence-electron chi connectivity index (χ2n) is 2.44. The molecule has 0 rings (SSSR count). The highest BCUT2D eigenvalue weighted by molar-refractivity contribution is 5.36. The minimum Gasteiger partial charge on any atom is -0.468 e. The van der Waals surface area contributed by atoms with Crippen LogP contribution in [0, 0.1) is 0 Å². The molecule has 0 bridgehead atoms. The van der Waals surface area contributed by atoms with Crippen LogP contribution in [-0.4, -0.2) is 19.7 Å². The van der Waals surface area contributed by atoms with E-state index in [1.807, 2.05) is 0 Å². The van der Waals surface area contributed by atoms with E-state index >= 15 is 0 Å². The van der Waals surface area contributed by atoms with Crippen LogP contribution in [0.5, 0.6) is 0 Å². The van der Waals surface area contributed by atoms with E-state index < -0.39 is 0 Å². The fourth-order valence-corrected chi connectivity index (χ4v) is 0.866. The number of hydrogen-bond acceptors (Lipinski definition) is 2. The Hall–Kier alpha value is -0.570. The molecule has 0 aromatic carbocycles. The van der Waals surface area contributed by atoms with Crippen LogP contribution < -0.4 is 0 Å². The van der Waals surface area contributed by atoms with Crippen molar-refractivity contribution in [2.24, 2.45) is 0 Å². The largest absolute Gasteiger partial charge is 0.468 e. The van der Waals surface area contributed by atoms with Crippen LogP contribution in [0.15, 0.2) is 0 Å². The number of hydrogen-bond donors (Lipinski definition) is 0. The van der Waals surface area contributed by atoms with E-state index in [0.717, 1.165) is 32.1 Å². The highest BCUT2D eigenvalue weighted by Gasteiger charge is 1.89. The molecule has 3 heteroatoms. The van der Waals surface area contributed by atoms with Crippen LogP contribution in [-0.2, 0) is 14.6 Å². The van der Waals surface area contributed by atoms with Gasteiger partial charge in [0, 0.05) is 0 Å². The van der Waals surface area contributed by atoms with Crippen molar-refractivity contribution in [3.63, 3.8) is 0 Å². The van der Waals surface area contributed by atoms with Crippen LogP contribution >= 0.6 is 0 Å². The monoisotopic (exact) mass is 159 g/mol. The predicted molar refractivity (Wildman–Crippen MR) is 40.7 cm³/mol. The number of rotatable bonds is 8. The lowest BCUT2D eigenvalue weighted by Crippen LogP contribution is -1.91. The van der Waals surface area contributed by atoms with Gasteiger partial charge in [0.1, 0.15) is 0 Å². The molecule has 0 unspecified atom stereocenters. The highest BCUT2D eigenvalue weighted by Crippen LogP contribution is 2.01. The van der Waals surface area contributed by atoms with Gasteiger partial charge < -0.3 is 4.74 Å². The molecule has 0 aromatic rings. The molecular formula is C8H15O3.